The predicted molar refractivity (Wildman–Crippen MR) is 112 cm³/mol. The Morgan fingerprint density at radius 3 is 2.90 bits per heavy atom. The summed E-state index contributed by atoms with van der Waals surface area (Å²) < 4.78 is 12.6. The van der Waals surface area contributed by atoms with E-state index < -0.39 is 0 Å². The average molecular weight is 403 g/mol. The molecule has 0 unspecified atom stereocenters. The zero-order chi connectivity index (χ0) is 20.7. The number of hydrogen-bond acceptors (Lipinski definition) is 6. The summed E-state index contributed by atoms with van der Waals surface area (Å²) >= 11 is 0. The highest BCUT2D eigenvalue weighted by Gasteiger charge is 2.29. The van der Waals surface area contributed by atoms with Crippen molar-refractivity contribution in [3.63, 3.8) is 0 Å². The van der Waals surface area contributed by atoms with Crippen molar-refractivity contribution in [3.05, 3.63) is 53.9 Å². The lowest BCUT2D eigenvalue weighted by molar-refractivity contribution is 0.102. The fourth-order valence-electron chi connectivity index (χ4n) is 3.49. The highest BCUT2D eigenvalue weighted by Crippen LogP contribution is 2.41. The van der Waals surface area contributed by atoms with Gasteiger partial charge in [-0.05, 0) is 38.0 Å². The van der Waals surface area contributed by atoms with Crippen LogP contribution in [-0.2, 0) is 6.54 Å². The number of ether oxygens (including phenoxy) is 1. The fourth-order valence-corrected chi connectivity index (χ4v) is 3.49. The first kappa shape index (κ1) is 18.4. The van der Waals surface area contributed by atoms with Gasteiger partial charge in [-0.2, -0.15) is 5.10 Å². The van der Waals surface area contributed by atoms with Crippen molar-refractivity contribution in [1.82, 2.24) is 19.9 Å². The number of nitrogens with one attached hydrogen (secondary N) is 1. The molecular formula is C22H21N5O3. The molecular weight excluding hydrogens is 382 g/mol. The number of hydrogen-bond donors (Lipinski definition) is 1. The van der Waals surface area contributed by atoms with Crippen molar-refractivity contribution in [2.45, 2.75) is 32.2 Å². The van der Waals surface area contributed by atoms with Crippen LogP contribution in [0.25, 0.3) is 22.4 Å². The minimum Gasteiger partial charge on any atom is -0.497 e. The Kier molecular flexibility index (Phi) is 4.46. The quantitative estimate of drug-likeness (QED) is 0.517. The Morgan fingerprint density at radius 2 is 2.17 bits per heavy atom. The van der Waals surface area contributed by atoms with Gasteiger partial charge in [0.1, 0.15) is 11.4 Å². The van der Waals surface area contributed by atoms with Crippen LogP contribution in [0, 0.1) is 0 Å². The summed E-state index contributed by atoms with van der Waals surface area (Å²) in [7, 11) is 1.61. The van der Waals surface area contributed by atoms with Crippen LogP contribution < -0.4 is 10.1 Å². The molecule has 0 radical (unpaired) electrons. The molecule has 152 valence electrons. The first-order chi connectivity index (χ1) is 14.7. The standard InChI is InChI=1S/C22H21N5O3/c1-3-27-10-9-18(25-27)24-21(28)16-12-17(13-7-8-13)23-22-19(16)20(26-30-22)14-5-4-6-15(11-14)29-2/h4-6,9-13H,3,7-8H2,1-2H3,(H,24,25,28). The van der Waals surface area contributed by atoms with Gasteiger partial charge in [-0.15, -0.1) is 0 Å². The summed E-state index contributed by atoms with van der Waals surface area (Å²) in [5.74, 6) is 1.30. The van der Waals surface area contributed by atoms with Gasteiger partial charge in [0.25, 0.3) is 11.6 Å². The molecule has 0 aliphatic heterocycles. The zero-order valence-corrected chi connectivity index (χ0v) is 16.8. The fraction of sp³-hybridized carbons (Fsp3) is 0.273. The minimum absolute atomic E-state index is 0.266. The van der Waals surface area contributed by atoms with Crippen molar-refractivity contribution in [3.8, 4) is 17.0 Å². The van der Waals surface area contributed by atoms with Crippen LogP contribution in [0.4, 0.5) is 5.82 Å². The van der Waals surface area contributed by atoms with Gasteiger partial charge in [-0.1, -0.05) is 17.3 Å². The highest BCUT2D eigenvalue weighted by molar-refractivity contribution is 6.14. The van der Waals surface area contributed by atoms with Crippen LogP contribution in [0.1, 0.15) is 41.7 Å². The Labute approximate surface area is 172 Å². The largest absolute Gasteiger partial charge is 0.497 e. The number of nitrogens with zero attached hydrogens (tertiary/aromatic N) is 4. The second kappa shape index (κ2) is 7.29. The first-order valence-electron chi connectivity index (χ1n) is 9.96. The SMILES string of the molecule is CCn1ccc(NC(=O)c2cc(C3CC3)nc3onc(-c4cccc(OC)c4)c23)n1. The molecule has 1 aliphatic rings. The van der Waals surface area contributed by atoms with Gasteiger partial charge in [0, 0.05) is 36.0 Å². The molecule has 0 saturated heterocycles. The summed E-state index contributed by atoms with van der Waals surface area (Å²) in [6.07, 6.45) is 3.96. The van der Waals surface area contributed by atoms with E-state index in [9.17, 15) is 4.79 Å². The van der Waals surface area contributed by atoms with Crippen molar-refractivity contribution >= 4 is 22.8 Å². The number of fused-ring (bicyclic) bond motifs is 1. The number of anilines is 1. The minimum atomic E-state index is -0.266. The smallest absolute Gasteiger partial charge is 0.259 e. The molecule has 0 bridgehead atoms. The molecule has 3 heterocycles. The Hall–Kier alpha value is -3.68. The lowest BCUT2D eigenvalue weighted by atomic mass is 10.0. The van der Waals surface area contributed by atoms with Crippen molar-refractivity contribution in [1.29, 1.82) is 0 Å². The van der Waals surface area contributed by atoms with E-state index in [-0.39, 0.29) is 5.91 Å². The molecule has 3 aromatic heterocycles. The second-order valence-electron chi connectivity index (χ2n) is 7.32. The monoisotopic (exact) mass is 403 g/mol. The summed E-state index contributed by atoms with van der Waals surface area (Å²) in [5.41, 5.74) is 3.05. The molecule has 1 aliphatic carbocycles. The van der Waals surface area contributed by atoms with E-state index in [0.717, 1.165) is 30.6 Å². The molecule has 1 aromatic carbocycles. The lowest BCUT2D eigenvalue weighted by Gasteiger charge is -2.07. The molecule has 0 spiro atoms. The first-order valence-corrected chi connectivity index (χ1v) is 9.96. The third-order valence-electron chi connectivity index (χ3n) is 5.26. The highest BCUT2D eigenvalue weighted by atomic mass is 16.5. The van der Waals surface area contributed by atoms with Crippen LogP contribution >= 0.6 is 0 Å². The van der Waals surface area contributed by atoms with Crippen LogP contribution in [0.2, 0.25) is 0 Å². The van der Waals surface area contributed by atoms with Crippen molar-refractivity contribution in [2.24, 2.45) is 0 Å². The molecule has 8 heteroatoms. The maximum Gasteiger partial charge on any atom is 0.259 e. The molecule has 1 fully saturated rings. The average Bonchev–Trinajstić information content (AvgIpc) is 3.38. The van der Waals surface area contributed by atoms with E-state index in [0.29, 0.717) is 39.8 Å². The lowest BCUT2D eigenvalue weighted by Crippen LogP contribution is -2.14. The molecule has 1 saturated carbocycles. The number of aromatic nitrogens is 4. The van der Waals surface area contributed by atoms with Crippen LogP contribution in [0.3, 0.4) is 0 Å². The zero-order valence-electron chi connectivity index (χ0n) is 16.8. The van der Waals surface area contributed by atoms with Gasteiger partial charge >= 0.3 is 0 Å². The van der Waals surface area contributed by atoms with Crippen LogP contribution in [0.5, 0.6) is 5.75 Å². The van der Waals surface area contributed by atoms with E-state index in [2.05, 4.69) is 20.6 Å². The normalized spacial score (nSPS) is 13.5. The molecule has 30 heavy (non-hydrogen) atoms. The van der Waals surface area contributed by atoms with Crippen molar-refractivity contribution in [2.75, 3.05) is 12.4 Å². The van der Waals surface area contributed by atoms with E-state index >= 15 is 0 Å². The molecule has 8 nitrogen and oxygen atoms in total. The van der Waals surface area contributed by atoms with Gasteiger partial charge in [0.05, 0.1) is 18.1 Å². The number of carbonyl (C=O) groups excluding carboxylic acids is 1. The molecule has 1 amide bonds. The van der Waals surface area contributed by atoms with Crippen molar-refractivity contribution < 1.29 is 14.1 Å². The van der Waals surface area contributed by atoms with E-state index in [1.807, 2.05) is 43.5 Å². The maximum atomic E-state index is 13.2. The summed E-state index contributed by atoms with van der Waals surface area (Å²) in [6.45, 7) is 2.72. The summed E-state index contributed by atoms with van der Waals surface area (Å²) in [5, 5.41) is 12.1. The summed E-state index contributed by atoms with van der Waals surface area (Å²) in [4.78, 5) is 17.9. The van der Waals surface area contributed by atoms with E-state index in [4.69, 9.17) is 9.26 Å². The Morgan fingerprint density at radius 1 is 1.30 bits per heavy atom. The van der Waals surface area contributed by atoms with Gasteiger partial charge in [-0.3, -0.25) is 9.48 Å². The van der Waals surface area contributed by atoms with Crippen LogP contribution in [0.15, 0.2) is 47.1 Å². The third-order valence-corrected chi connectivity index (χ3v) is 5.26. The van der Waals surface area contributed by atoms with E-state index in [1.54, 1.807) is 17.9 Å². The number of benzene rings is 1. The third kappa shape index (κ3) is 3.30. The predicted octanol–water partition coefficient (Wildman–Crippen LogP) is 4.24. The number of methoxy groups -OCH3 is 1. The topological polar surface area (TPSA) is 95.1 Å². The molecule has 0 atom stereocenters. The number of rotatable bonds is 6. The van der Waals surface area contributed by atoms with Gasteiger partial charge in [-0.25, -0.2) is 4.98 Å². The van der Waals surface area contributed by atoms with Gasteiger partial charge in [0.2, 0.25) is 0 Å². The van der Waals surface area contributed by atoms with Crippen LogP contribution in [-0.4, -0.2) is 32.9 Å². The molecule has 4 aromatic rings. The molecule has 1 N–H and O–H groups in total. The van der Waals surface area contributed by atoms with Gasteiger partial charge in [0.15, 0.2) is 5.82 Å². The van der Waals surface area contributed by atoms with E-state index in [1.165, 1.54) is 0 Å². The number of pyridine rings is 1. The second-order valence-corrected chi connectivity index (χ2v) is 7.32. The summed E-state index contributed by atoms with van der Waals surface area (Å²) in [6, 6.07) is 11.1. The Balaban J connectivity index is 1.62. The Bertz CT molecular complexity index is 1240. The number of carbonyl (C=O) groups is 1. The maximum absolute atomic E-state index is 13.2. The number of amides is 1. The molecule has 5 rings (SSSR count). The van der Waals surface area contributed by atoms with Gasteiger partial charge < -0.3 is 14.6 Å². The number of aryl methyl sites for hydroxylation is 1.